The molecule has 1 aromatic carbocycles. The van der Waals surface area contributed by atoms with Crippen LogP contribution in [0, 0.1) is 5.92 Å². The lowest BCUT2D eigenvalue weighted by atomic mass is 9.99. The highest BCUT2D eigenvalue weighted by Gasteiger charge is 2.33. The lowest BCUT2D eigenvalue weighted by Crippen LogP contribution is -2.33. The summed E-state index contributed by atoms with van der Waals surface area (Å²) >= 11 is 12.8. The molecule has 0 aliphatic carbocycles. The molecule has 0 bridgehead atoms. The topological polar surface area (TPSA) is 20.3 Å². The zero-order valence-electron chi connectivity index (χ0n) is 13.5. The molecule has 23 heavy (non-hydrogen) atoms. The van der Waals surface area contributed by atoms with Crippen LogP contribution in [-0.2, 0) is 4.79 Å². The first-order valence-electron chi connectivity index (χ1n) is 8.06. The Morgan fingerprint density at radius 2 is 2.17 bits per heavy atom. The molecule has 0 radical (unpaired) electrons. The van der Waals surface area contributed by atoms with Gasteiger partial charge < -0.3 is 0 Å². The van der Waals surface area contributed by atoms with Crippen molar-refractivity contribution in [2.24, 2.45) is 5.92 Å². The molecule has 2 nitrogen and oxygen atoms in total. The smallest absolute Gasteiger partial charge is 0.266 e. The number of rotatable bonds is 7. The summed E-state index contributed by atoms with van der Waals surface area (Å²) in [7, 11) is 0. The number of thiocarbonyl (C=S) groups is 1. The Morgan fingerprint density at radius 3 is 2.83 bits per heavy atom. The van der Waals surface area contributed by atoms with E-state index in [-0.39, 0.29) is 5.91 Å². The van der Waals surface area contributed by atoms with E-state index in [2.05, 4.69) is 13.8 Å². The van der Waals surface area contributed by atoms with Crippen molar-refractivity contribution < 1.29 is 4.79 Å². The van der Waals surface area contributed by atoms with E-state index in [1.54, 1.807) is 4.90 Å². The summed E-state index contributed by atoms with van der Waals surface area (Å²) in [5.41, 5.74) is 0.927. The largest absolute Gasteiger partial charge is 0.293 e. The van der Waals surface area contributed by atoms with Crippen molar-refractivity contribution in [1.82, 2.24) is 4.90 Å². The van der Waals surface area contributed by atoms with Crippen LogP contribution in [0.4, 0.5) is 0 Å². The van der Waals surface area contributed by atoms with Crippen molar-refractivity contribution in [3.63, 3.8) is 0 Å². The van der Waals surface area contributed by atoms with Crippen LogP contribution in [0.1, 0.15) is 45.1 Å². The number of halogens is 1. The molecular weight excluding hydrogens is 346 g/mol. The second kappa shape index (κ2) is 8.86. The van der Waals surface area contributed by atoms with Crippen LogP contribution in [0.2, 0.25) is 5.02 Å². The predicted octanol–water partition coefficient (Wildman–Crippen LogP) is 5.76. The molecule has 0 N–H and O–H groups in total. The summed E-state index contributed by atoms with van der Waals surface area (Å²) in [5.74, 6) is 0.540. The van der Waals surface area contributed by atoms with Gasteiger partial charge in [0.05, 0.1) is 4.91 Å². The second-order valence-corrected chi connectivity index (χ2v) is 7.88. The number of hydrogen-bond acceptors (Lipinski definition) is 3. The van der Waals surface area contributed by atoms with E-state index >= 15 is 0 Å². The number of thioether (sulfide) groups is 1. The molecule has 1 heterocycles. The zero-order valence-corrected chi connectivity index (χ0v) is 15.9. The summed E-state index contributed by atoms with van der Waals surface area (Å²) in [5, 5.41) is 0.667. The SMILES string of the molecule is CCCC[C@H](CC)CN1C(=O)/C(=C/c2cccc(Cl)c2)SC1=S. The predicted molar refractivity (Wildman–Crippen MR) is 105 cm³/mol. The van der Waals surface area contributed by atoms with Gasteiger partial charge in [-0.2, -0.15) is 0 Å². The summed E-state index contributed by atoms with van der Waals surface area (Å²) in [4.78, 5) is 15.1. The molecule has 1 fully saturated rings. The molecule has 2 rings (SSSR count). The highest BCUT2D eigenvalue weighted by atomic mass is 35.5. The quantitative estimate of drug-likeness (QED) is 0.451. The summed E-state index contributed by atoms with van der Waals surface area (Å²) < 4.78 is 0.665. The lowest BCUT2D eigenvalue weighted by Gasteiger charge is -2.21. The molecule has 1 aromatic rings. The fraction of sp³-hybridized carbons (Fsp3) is 0.444. The molecular formula is C18H22ClNOS2. The average Bonchev–Trinajstić information content (AvgIpc) is 2.78. The van der Waals surface area contributed by atoms with Crippen LogP contribution < -0.4 is 0 Å². The van der Waals surface area contributed by atoms with E-state index < -0.39 is 0 Å². The fourth-order valence-electron chi connectivity index (χ4n) is 2.58. The van der Waals surface area contributed by atoms with Gasteiger partial charge in [-0.15, -0.1) is 0 Å². The number of benzene rings is 1. The minimum atomic E-state index is 0.0231. The van der Waals surface area contributed by atoms with Crippen LogP contribution in [0.3, 0.4) is 0 Å². The molecule has 0 unspecified atom stereocenters. The highest BCUT2D eigenvalue weighted by Crippen LogP contribution is 2.34. The molecule has 0 spiro atoms. The number of hydrogen-bond donors (Lipinski definition) is 0. The average molecular weight is 368 g/mol. The Labute approximate surface area is 153 Å². The van der Waals surface area contributed by atoms with Crippen LogP contribution in [0.5, 0.6) is 0 Å². The van der Waals surface area contributed by atoms with Crippen molar-refractivity contribution in [3.8, 4) is 0 Å². The van der Waals surface area contributed by atoms with E-state index in [9.17, 15) is 4.79 Å². The van der Waals surface area contributed by atoms with Crippen LogP contribution in [-0.4, -0.2) is 21.7 Å². The van der Waals surface area contributed by atoms with E-state index in [1.807, 2.05) is 30.3 Å². The van der Waals surface area contributed by atoms with Crippen molar-refractivity contribution >= 4 is 51.9 Å². The minimum absolute atomic E-state index is 0.0231. The third-order valence-corrected chi connectivity index (χ3v) is 5.62. The Hall–Kier alpha value is -0.840. The van der Waals surface area contributed by atoms with Crippen molar-refractivity contribution in [1.29, 1.82) is 0 Å². The van der Waals surface area contributed by atoms with E-state index in [4.69, 9.17) is 23.8 Å². The second-order valence-electron chi connectivity index (χ2n) is 5.76. The van der Waals surface area contributed by atoms with Crippen LogP contribution in [0.15, 0.2) is 29.2 Å². The number of unbranched alkanes of at least 4 members (excludes halogenated alkanes) is 1. The van der Waals surface area contributed by atoms with Gasteiger partial charge in [-0.05, 0) is 36.1 Å². The molecule has 1 saturated heterocycles. The fourth-order valence-corrected chi connectivity index (χ4v) is 4.05. The first kappa shape index (κ1) is 18.5. The molecule has 1 amide bonds. The Bertz CT molecular complexity index is 615. The van der Waals surface area contributed by atoms with Gasteiger partial charge in [0, 0.05) is 11.6 Å². The maximum absolute atomic E-state index is 12.6. The third-order valence-electron chi connectivity index (χ3n) is 4.00. The van der Waals surface area contributed by atoms with E-state index in [0.29, 0.717) is 20.2 Å². The van der Waals surface area contributed by atoms with Gasteiger partial charge in [0.1, 0.15) is 4.32 Å². The van der Waals surface area contributed by atoms with Gasteiger partial charge in [0.15, 0.2) is 0 Å². The zero-order chi connectivity index (χ0) is 16.8. The number of nitrogens with zero attached hydrogens (tertiary/aromatic N) is 1. The maximum atomic E-state index is 12.6. The van der Waals surface area contributed by atoms with Gasteiger partial charge in [-0.25, -0.2) is 0 Å². The number of amides is 1. The molecule has 0 saturated carbocycles. The van der Waals surface area contributed by atoms with Crippen molar-refractivity contribution in [2.75, 3.05) is 6.54 Å². The first-order valence-corrected chi connectivity index (χ1v) is 9.66. The molecule has 1 aliphatic heterocycles. The normalized spacial score (nSPS) is 18.0. The first-order chi connectivity index (χ1) is 11.0. The summed E-state index contributed by atoms with van der Waals surface area (Å²) in [6.07, 6.45) is 6.48. The molecule has 1 aliphatic rings. The van der Waals surface area contributed by atoms with E-state index in [0.717, 1.165) is 24.9 Å². The van der Waals surface area contributed by atoms with E-state index in [1.165, 1.54) is 24.6 Å². The van der Waals surface area contributed by atoms with Gasteiger partial charge in [0.2, 0.25) is 0 Å². The molecule has 5 heteroatoms. The number of carbonyl (C=O) groups excluding carboxylic acids is 1. The van der Waals surface area contributed by atoms with Crippen LogP contribution in [0.25, 0.3) is 6.08 Å². The number of carbonyl (C=O) groups is 1. The van der Waals surface area contributed by atoms with Crippen molar-refractivity contribution in [3.05, 3.63) is 39.8 Å². The standard InChI is InChI=1S/C18H22ClNOS2/c1-3-5-7-13(4-2)12-20-17(21)16(23-18(20)22)11-14-8-6-9-15(19)10-14/h6,8-11,13H,3-5,7,12H2,1-2H3/b16-11-/t13-/m0/s1. The Kier molecular flexibility index (Phi) is 7.12. The van der Waals surface area contributed by atoms with Crippen molar-refractivity contribution in [2.45, 2.75) is 39.5 Å². The minimum Gasteiger partial charge on any atom is -0.293 e. The Morgan fingerprint density at radius 1 is 1.39 bits per heavy atom. The summed E-state index contributed by atoms with van der Waals surface area (Å²) in [6.45, 7) is 5.11. The summed E-state index contributed by atoms with van der Waals surface area (Å²) in [6, 6.07) is 7.50. The van der Waals surface area contributed by atoms with Gasteiger partial charge in [0.25, 0.3) is 5.91 Å². The monoisotopic (exact) mass is 367 g/mol. The third kappa shape index (κ3) is 5.07. The molecule has 124 valence electrons. The lowest BCUT2D eigenvalue weighted by molar-refractivity contribution is -0.122. The van der Waals surface area contributed by atoms with Gasteiger partial charge >= 0.3 is 0 Å². The highest BCUT2D eigenvalue weighted by molar-refractivity contribution is 8.26. The molecule has 1 atom stereocenters. The Balaban J connectivity index is 2.10. The van der Waals surface area contributed by atoms with Gasteiger partial charge in [-0.3, -0.25) is 9.69 Å². The maximum Gasteiger partial charge on any atom is 0.266 e. The van der Waals surface area contributed by atoms with Gasteiger partial charge in [-0.1, -0.05) is 80.8 Å². The van der Waals surface area contributed by atoms with Crippen LogP contribution >= 0.6 is 35.6 Å². The molecule has 0 aromatic heterocycles.